The number of aromatic nitrogens is 1. The smallest absolute Gasteiger partial charge is 0.238 e. The molecule has 0 atom stereocenters. The monoisotopic (exact) mass is 318 g/mol. The van der Waals surface area contributed by atoms with Gasteiger partial charge in [-0.1, -0.05) is 24.3 Å². The van der Waals surface area contributed by atoms with Gasteiger partial charge in [0.1, 0.15) is 0 Å². The molecule has 0 saturated carbocycles. The number of benzene rings is 1. The van der Waals surface area contributed by atoms with Gasteiger partial charge >= 0.3 is 0 Å². The first-order chi connectivity index (χ1) is 10.6. The summed E-state index contributed by atoms with van der Waals surface area (Å²) < 4.78 is 0. The number of thiazole rings is 1. The van der Waals surface area contributed by atoms with Crippen LogP contribution in [0.1, 0.15) is 23.7 Å². The second kappa shape index (κ2) is 7.67. The lowest BCUT2D eigenvalue weighted by Gasteiger charge is -2.04. The van der Waals surface area contributed by atoms with Crippen molar-refractivity contribution in [2.75, 3.05) is 5.32 Å². The van der Waals surface area contributed by atoms with Crippen LogP contribution in [0.5, 0.6) is 0 Å². The number of hydrogen-bond acceptors (Lipinski definition) is 5. The van der Waals surface area contributed by atoms with E-state index in [-0.39, 0.29) is 18.2 Å². The molecule has 0 unspecified atom stereocenters. The van der Waals surface area contributed by atoms with Crippen molar-refractivity contribution in [1.29, 1.82) is 0 Å². The Bertz CT molecular complexity index is 669. The summed E-state index contributed by atoms with van der Waals surface area (Å²) >= 11 is 1.42. The van der Waals surface area contributed by atoms with Gasteiger partial charge in [-0.25, -0.2) is 10.8 Å². The Hall–Kier alpha value is -2.25. The molecule has 0 saturated heterocycles. The maximum atomic E-state index is 11.3. The minimum Gasteiger partial charge on any atom is -0.302 e. The van der Waals surface area contributed by atoms with Crippen molar-refractivity contribution >= 4 is 28.3 Å². The summed E-state index contributed by atoms with van der Waals surface area (Å²) in [5, 5.41) is 5.24. The van der Waals surface area contributed by atoms with E-state index in [0.717, 1.165) is 29.7 Å². The summed E-state index contributed by atoms with van der Waals surface area (Å²) in [5.41, 5.74) is 5.13. The standard InChI is InChI=1S/C15H18N4O2S/c1-10(20)17-15-18-13(9-22-15)6-5-11-3-2-4-12(7-11)8-14(21)19-16/h2-4,7,9H,5-6,8,16H2,1H3,(H,19,21)(H,17,18,20). The molecule has 2 rings (SSSR count). The van der Waals surface area contributed by atoms with Gasteiger partial charge < -0.3 is 5.32 Å². The maximum Gasteiger partial charge on any atom is 0.238 e. The molecular formula is C15H18N4O2S. The highest BCUT2D eigenvalue weighted by molar-refractivity contribution is 7.13. The van der Waals surface area contributed by atoms with Gasteiger partial charge in [0.25, 0.3) is 0 Å². The number of nitrogens with two attached hydrogens (primary N) is 1. The van der Waals surface area contributed by atoms with Crippen LogP contribution in [0.25, 0.3) is 0 Å². The molecular weight excluding hydrogens is 300 g/mol. The number of hydrogen-bond donors (Lipinski definition) is 3. The molecule has 2 amide bonds. The van der Waals surface area contributed by atoms with Gasteiger partial charge in [0.05, 0.1) is 12.1 Å². The van der Waals surface area contributed by atoms with E-state index < -0.39 is 0 Å². The molecule has 1 heterocycles. The average Bonchev–Trinajstić information content (AvgIpc) is 2.92. The second-order valence-corrected chi connectivity index (χ2v) is 5.75. The largest absolute Gasteiger partial charge is 0.302 e. The molecule has 0 fully saturated rings. The zero-order valence-electron chi connectivity index (χ0n) is 12.3. The Morgan fingerprint density at radius 3 is 2.77 bits per heavy atom. The number of carbonyl (C=O) groups is 2. The van der Waals surface area contributed by atoms with Gasteiger partial charge in [-0.3, -0.25) is 15.0 Å². The van der Waals surface area contributed by atoms with Gasteiger partial charge in [0.2, 0.25) is 11.8 Å². The minimum atomic E-state index is -0.211. The van der Waals surface area contributed by atoms with Crippen molar-refractivity contribution in [2.45, 2.75) is 26.2 Å². The molecule has 0 aliphatic rings. The molecule has 116 valence electrons. The molecule has 7 heteroatoms. The normalized spacial score (nSPS) is 10.3. The highest BCUT2D eigenvalue weighted by atomic mass is 32.1. The number of nitrogens with one attached hydrogen (secondary N) is 2. The second-order valence-electron chi connectivity index (χ2n) is 4.89. The summed E-state index contributed by atoms with van der Waals surface area (Å²) in [5.74, 6) is 4.76. The molecule has 6 nitrogen and oxygen atoms in total. The van der Waals surface area contributed by atoms with Crippen LogP contribution in [-0.2, 0) is 28.9 Å². The summed E-state index contributed by atoms with van der Waals surface area (Å²) in [6, 6.07) is 7.84. The van der Waals surface area contributed by atoms with Crippen molar-refractivity contribution in [3.8, 4) is 0 Å². The first-order valence-corrected chi connectivity index (χ1v) is 7.74. The summed E-state index contributed by atoms with van der Waals surface area (Å²) in [6.45, 7) is 1.46. The van der Waals surface area contributed by atoms with E-state index in [9.17, 15) is 9.59 Å². The van der Waals surface area contributed by atoms with E-state index >= 15 is 0 Å². The van der Waals surface area contributed by atoms with Crippen molar-refractivity contribution in [2.24, 2.45) is 5.84 Å². The van der Waals surface area contributed by atoms with Crippen LogP contribution < -0.4 is 16.6 Å². The first-order valence-electron chi connectivity index (χ1n) is 6.86. The number of hydrazine groups is 1. The molecule has 0 aliphatic carbocycles. The van der Waals surface area contributed by atoms with E-state index in [0.29, 0.717) is 5.13 Å². The maximum absolute atomic E-state index is 11.3. The lowest BCUT2D eigenvalue weighted by atomic mass is 10.0. The Balaban J connectivity index is 1.93. The first kappa shape index (κ1) is 16.1. The zero-order valence-corrected chi connectivity index (χ0v) is 13.1. The molecule has 2 aromatic rings. The fourth-order valence-corrected chi connectivity index (χ4v) is 2.82. The Kier molecular flexibility index (Phi) is 5.62. The SMILES string of the molecule is CC(=O)Nc1nc(CCc2cccc(CC(=O)NN)c2)cs1. The molecule has 1 aromatic carbocycles. The fraction of sp³-hybridized carbons (Fsp3) is 0.267. The van der Waals surface area contributed by atoms with Crippen molar-refractivity contribution in [1.82, 2.24) is 10.4 Å². The van der Waals surface area contributed by atoms with Gasteiger partial charge in [-0.15, -0.1) is 11.3 Å². The predicted molar refractivity (Wildman–Crippen MR) is 86.3 cm³/mol. The van der Waals surface area contributed by atoms with E-state index in [1.807, 2.05) is 29.6 Å². The quantitative estimate of drug-likeness (QED) is 0.426. The third-order valence-electron chi connectivity index (χ3n) is 3.02. The number of nitrogens with zero attached hydrogens (tertiary/aromatic N) is 1. The van der Waals surface area contributed by atoms with Crippen LogP contribution >= 0.6 is 11.3 Å². The van der Waals surface area contributed by atoms with Crippen LogP contribution in [-0.4, -0.2) is 16.8 Å². The zero-order chi connectivity index (χ0) is 15.9. The Morgan fingerprint density at radius 2 is 2.05 bits per heavy atom. The van der Waals surface area contributed by atoms with Crippen LogP contribution in [0.3, 0.4) is 0 Å². The van der Waals surface area contributed by atoms with Crippen molar-refractivity contribution < 1.29 is 9.59 Å². The third kappa shape index (κ3) is 4.94. The average molecular weight is 318 g/mol. The van der Waals surface area contributed by atoms with Crippen LogP contribution in [0.2, 0.25) is 0 Å². The van der Waals surface area contributed by atoms with Gasteiger partial charge in [0.15, 0.2) is 5.13 Å². The predicted octanol–water partition coefficient (Wildman–Crippen LogP) is 1.42. The Morgan fingerprint density at radius 1 is 1.27 bits per heavy atom. The van der Waals surface area contributed by atoms with Gasteiger partial charge in [-0.2, -0.15) is 0 Å². The van der Waals surface area contributed by atoms with E-state index in [2.05, 4.69) is 15.7 Å². The highest BCUT2D eigenvalue weighted by Crippen LogP contribution is 2.17. The number of amides is 2. The number of aryl methyl sites for hydroxylation is 2. The van der Waals surface area contributed by atoms with E-state index in [1.54, 1.807) is 0 Å². The summed E-state index contributed by atoms with van der Waals surface area (Å²) in [4.78, 5) is 26.6. The van der Waals surface area contributed by atoms with Crippen LogP contribution in [0, 0.1) is 0 Å². The molecule has 0 spiro atoms. The fourth-order valence-electron chi connectivity index (χ4n) is 2.03. The lowest BCUT2D eigenvalue weighted by Crippen LogP contribution is -2.31. The minimum absolute atomic E-state index is 0.119. The highest BCUT2D eigenvalue weighted by Gasteiger charge is 2.05. The van der Waals surface area contributed by atoms with Gasteiger partial charge in [-0.05, 0) is 24.0 Å². The Labute approximate surface area is 132 Å². The molecule has 1 aromatic heterocycles. The molecule has 4 N–H and O–H groups in total. The number of anilines is 1. The lowest BCUT2D eigenvalue weighted by molar-refractivity contribution is -0.120. The van der Waals surface area contributed by atoms with Crippen molar-refractivity contribution in [3.63, 3.8) is 0 Å². The number of rotatable bonds is 6. The number of carbonyl (C=O) groups excluding carboxylic acids is 2. The molecule has 0 bridgehead atoms. The van der Waals surface area contributed by atoms with Crippen molar-refractivity contribution in [3.05, 3.63) is 46.5 Å². The molecule has 22 heavy (non-hydrogen) atoms. The van der Waals surface area contributed by atoms with Gasteiger partial charge in [0, 0.05) is 12.3 Å². The summed E-state index contributed by atoms with van der Waals surface area (Å²) in [7, 11) is 0. The van der Waals surface area contributed by atoms with E-state index in [4.69, 9.17) is 5.84 Å². The molecule has 0 radical (unpaired) electrons. The third-order valence-corrected chi connectivity index (χ3v) is 3.83. The summed E-state index contributed by atoms with van der Waals surface area (Å²) in [6.07, 6.45) is 1.87. The topological polar surface area (TPSA) is 97.1 Å². The molecule has 0 aliphatic heterocycles. The van der Waals surface area contributed by atoms with E-state index in [1.165, 1.54) is 18.3 Å². The van der Waals surface area contributed by atoms with Crippen LogP contribution in [0.4, 0.5) is 5.13 Å². The van der Waals surface area contributed by atoms with Crippen LogP contribution in [0.15, 0.2) is 29.6 Å².